The molecule has 0 aliphatic carbocycles. The lowest BCUT2D eigenvalue weighted by Gasteiger charge is -2.10. The topological polar surface area (TPSA) is 72.3 Å². The van der Waals surface area contributed by atoms with Gasteiger partial charge in [0, 0.05) is 5.92 Å². The number of ether oxygens (including phenoxy) is 1. The summed E-state index contributed by atoms with van der Waals surface area (Å²) in [7, 11) is 0. The molecular weight excluding hydrogens is 372 g/mol. The molecule has 0 unspecified atom stereocenters. The predicted octanol–water partition coefficient (Wildman–Crippen LogP) is 4.95. The standard InChI is InChI=1S/C21H22N4O2S/c1-3-16(4-2)19-23-24-21(28)25(19)22-14-15-10-12-18(13-11-15)27-20(26)17-8-6-5-7-9-17/h5-14,16H,3-4H2,1-2H3,(H,24,28)/b22-14-. The number of benzene rings is 2. The van der Waals surface area contributed by atoms with E-state index in [9.17, 15) is 4.79 Å². The molecule has 3 aromatic rings. The lowest BCUT2D eigenvalue weighted by atomic mass is 10.0. The average molecular weight is 395 g/mol. The molecule has 3 rings (SSSR count). The molecule has 1 N–H and O–H groups in total. The summed E-state index contributed by atoms with van der Waals surface area (Å²) in [4.78, 5) is 12.1. The van der Waals surface area contributed by atoms with E-state index in [2.05, 4.69) is 29.1 Å². The van der Waals surface area contributed by atoms with Gasteiger partial charge in [0.1, 0.15) is 5.75 Å². The van der Waals surface area contributed by atoms with E-state index < -0.39 is 0 Å². The van der Waals surface area contributed by atoms with Crippen LogP contribution in [0, 0.1) is 4.77 Å². The number of H-pyrrole nitrogens is 1. The summed E-state index contributed by atoms with van der Waals surface area (Å²) in [6, 6.07) is 16.0. The van der Waals surface area contributed by atoms with Crippen molar-refractivity contribution in [2.45, 2.75) is 32.6 Å². The Morgan fingerprint density at radius 2 is 1.86 bits per heavy atom. The highest BCUT2D eigenvalue weighted by Crippen LogP contribution is 2.21. The van der Waals surface area contributed by atoms with E-state index in [0.717, 1.165) is 24.2 Å². The maximum Gasteiger partial charge on any atom is 0.343 e. The van der Waals surface area contributed by atoms with Gasteiger partial charge in [-0.3, -0.25) is 5.10 Å². The molecule has 7 heteroatoms. The molecular formula is C21H22N4O2S. The van der Waals surface area contributed by atoms with E-state index in [1.165, 1.54) is 0 Å². The smallest absolute Gasteiger partial charge is 0.343 e. The van der Waals surface area contributed by atoms with Gasteiger partial charge in [0.15, 0.2) is 5.82 Å². The van der Waals surface area contributed by atoms with Crippen LogP contribution < -0.4 is 4.74 Å². The first kappa shape index (κ1) is 19.7. The lowest BCUT2D eigenvalue weighted by molar-refractivity contribution is 0.0735. The Labute approximate surface area is 168 Å². The van der Waals surface area contributed by atoms with Crippen LogP contribution in [-0.2, 0) is 0 Å². The van der Waals surface area contributed by atoms with Crippen molar-refractivity contribution in [3.8, 4) is 5.75 Å². The maximum atomic E-state index is 12.1. The highest BCUT2D eigenvalue weighted by atomic mass is 32.1. The largest absolute Gasteiger partial charge is 0.423 e. The molecule has 6 nitrogen and oxygen atoms in total. The number of carbonyl (C=O) groups excluding carboxylic acids is 1. The van der Waals surface area contributed by atoms with E-state index in [1.54, 1.807) is 47.3 Å². The summed E-state index contributed by atoms with van der Waals surface area (Å²) in [5.41, 5.74) is 1.37. The zero-order valence-corrected chi connectivity index (χ0v) is 16.6. The van der Waals surface area contributed by atoms with Crippen LogP contribution in [0.1, 0.15) is 54.4 Å². The predicted molar refractivity (Wildman–Crippen MR) is 112 cm³/mol. The Kier molecular flexibility index (Phi) is 6.49. The van der Waals surface area contributed by atoms with Crippen molar-refractivity contribution in [3.63, 3.8) is 0 Å². The monoisotopic (exact) mass is 394 g/mol. The zero-order chi connectivity index (χ0) is 19.9. The third-order valence-corrected chi connectivity index (χ3v) is 4.71. The van der Waals surface area contributed by atoms with Crippen molar-refractivity contribution >= 4 is 24.4 Å². The molecule has 0 aliphatic heterocycles. The van der Waals surface area contributed by atoms with Crippen LogP contribution in [0.25, 0.3) is 0 Å². The number of rotatable bonds is 7. The van der Waals surface area contributed by atoms with Crippen molar-refractivity contribution in [3.05, 3.63) is 76.3 Å². The van der Waals surface area contributed by atoms with Crippen LogP contribution >= 0.6 is 12.2 Å². The summed E-state index contributed by atoms with van der Waals surface area (Å²) >= 11 is 5.29. The molecule has 0 atom stereocenters. The van der Waals surface area contributed by atoms with Crippen molar-refractivity contribution in [2.75, 3.05) is 0 Å². The van der Waals surface area contributed by atoms with Crippen molar-refractivity contribution in [2.24, 2.45) is 5.10 Å². The molecule has 1 aromatic heterocycles. The number of nitrogens with one attached hydrogen (secondary N) is 1. The molecule has 0 saturated carbocycles. The molecule has 0 radical (unpaired) electrons. The fraction of sp³-hybridized carbons (Fsp3) is 0.238. The molecule has 0 amide bonds. The first-order valence-electron chi connectivity index (χ1n) is 9.21. The second kappa shape index (κ2) is 9.23. The van der Waals surface area contributed by atoms with E-state index in [1.807, 2.05) is 18.2 Å². The minimum Gasteiger partial charge on any atom is -0.423 e. The summed E-state index contributed by atoms with van der Waals surface area (Å²) in [6.07, 6.45) is 3.64. The molecule has 0 fully saturated rings. The number of esters is 1. The number of aromatic nitrogens is 3. The summed E-state index contributed by atoms with van der Waals surface area (Å²) in [6.45, 7) is 4.24. The molecule has 0 saturated heterocycles. The number of nitrogens with zero attached hydrogens (tertiary/aromatic N) is 3. The second-order valence-electron chi connectivity index (χ2n) is 6.28. The van der Waals surface area contributed by atoms with E-state index >= 15 is 0 Å². The van der Waals surface area contributed by atoms with Crippen LogP contribution in [0.4, 0.5) is 0 Å². The minimum atomic E-state index is -0.387. The average Bonchev–Trinajstić information content (AvgIpc) is 3.09. The summed E-state index contributed by atoms with van der Waals surface area (Å²) in [5, 5.41) is 11.6. The summed E-state index contributed by atoms with van der Waals surface area (Å²) < 4.78 is 7.51. The molecule has 28 heavy (non-hydrogen) atoms. The maximum absolute atomic E-state index is 12.1. The van der Waals surface area contributed by atoms with Gasteiger partial charge in [0.2, 0.25) is 4.77 Å². The Morgan fingerprint density at radius 1 is 1.18 bits per heavy atom. The third kappa shape index (κ3) is 4.61. The van der Waals surface area contributed by atoms with Gasteiger partial charge in [-0.05, 0) is 67.0 Å². The third-order valence-electron chi connectivity index (χ3n) is 4.45. The zero-order valence-electron chi connectivity index (χ0n) is 15.8. The fourth-order valence-electron chi connectivity index (χ4n) is 2.82. The highest BCUT2D eigenvalue weighted by Gasteiger charge is 2.15. The number of hydrogen-bond acceptors (Lipinski definition) is 5. The van der Waals surface area contributed by atoms with Gasteiger partial charge in [0.05, 0.1) is 11.8 Å². The van der Waals surface area contributed by atoms with Crippen LogP contribution in [0.5, 0.6) is 5.75 Å². The first-order chi connectivity index (χ1) is 13.6. The molecule has 0 spiro atoms. The van der Waals surface area contributed by atoms with Gasteiger partial charge in [-0.15, -0.1) is 0 Å². The molecule has 144 valence electrons. The van der Waals surface area contributed by atoms with Crippen LogP contribution in [-0.4, -0.2) is 27.1 Å². The Morgan fingerprint density at radius 3 is 2.50 bits per heavy atom. The van der Waals surface area contributed by atoms with Crippen molar-refractivity contribution in [1.82, 2.24) is 14.9 Å². The van der Waals surface area contributed by atoms with Gasteiger partial charge in [-0.2, -0.15) is 14.9 Å². The molecule has 0 bridgehead atoms. The molecule has 2 aromatic carbocycles. The SMILES string of the molecule is CCC(CC)c1n[nH]c(=S)n1/N=C\c1ccc(OC(=O)c2ccccc2)cc1. The van der Waals surface area contributed by atoms with Gasteiger partial charge >= 0.3 is 5.97 Å². The molecule has 1 heterocycles. The van der Waals surface area contributed by atoms with Gasteiger partial charge in [0.25, 0.3) is 0 Å². The van der Waals surface area contributed by atoms with E-state index in [-0.39, 0.29) is 5.97 Å². The summed E-state index contributed by atoms with van der Waals surface area (Å²) in [5.74, 6) is 1.22. The van der Waals surface area contributed by atoms with Gasteiger partial charge < -0.3 is 4.74 Å². The minimum absolute atomic E-state index is 0.296. The Bertz CT molecular complexity index is 1000. The van der Waals surface area contributed by atoms with Crippen LogP contribution in [0.3, 0.4) is 0 Å². The Hall–Kier alpha value is -3.06. The number of carbonyl (C=O) groups is 1. The number of aromatic amines is 1. The van der Waals surface area contributed by atoms with Gasteiger partial charge in [-0.1, -0.05) is 32.0 Å². The lowest BCUT2D eigenvalue weighted by Crippen LogP contribution is -2.08. The molecule has 0 aliphatic rings. The Balaban J connectivity index is 1.72. The van der Waals surface area contributed by atoms with E-state index in [4.69, 9.17) is 17.0 Å². The normalized spacial score (nSPS) is 11.2. The van der Waals surface area contributed by atoms with Crippen molar-refractivity contribution < 1.29 is 9.53 Å². The first-order valence-corrected chi connectivity index (χ1v) is 9.62. The highest BCUT2D eigenvalue weighted by molar-refractivity contribution is 7.71. The van der Waals surface area contributed by atoms with E-state index in [0.29, 0.717) is 22.0 Å². The van der Waals surface area contributed by atoms with Crippen molar-refractivity contribution in [1.29, 1.82) is 0 Å². The second-order valence-corrected chi connectivity index (χ2v) is 6.67. The van der Waals surface area contributed by atoms with Crippen LogP contribution in [0.15, 0.2) is 59.7 Å². The number of hydrogen-bond donors (Lipinski definition) is 1. The van der Waals surface area contributed by atoms with Gasteiger partial charge in [-0.25, -0.2) is 4.79 Å². The van der Waals surface area contributed by atoms with Crippen LogP contribution in [0.2, 0.25) is 0 Å². The fourth-order valence-corrected chi connectivity index (χ4v) is 3.01. The quantitative estimate of drug-likeness (QED) is 0.266.